The second kappa shape index (κ2) is 9.26. The molecule has 0 radical (unpaired) electrons. The van der Waals surface area contributed by atoms with Gasteiger partial charge in [-0.2, -0.15) is 5.10 Å². The predicted molar refractivity (Wildman–Crippen MR) is 116 cm³/mol. The zero-order chi connectivity index (χ0) is 21.0. The molecule has 7 nitrogen and oxygen atoms in total. The average Bonchev–Trinajstić information content (AvgIpc) is 3.08. The summed E-state index contributed by atoms with van der Waals surface area (Å²) < 4.78 is 1.83. The van der Waals surface area contributed by atoms with E-state index in [1.54, 1.807) is 0 Å². The molecule has 1 atom stereocenters. The number of fused-ring (bicyclic) bond motifs is 1. The van der Waals surface area contributed by atoms with Gasteiger partial charge in [0.1, 0.15) is 5.49 Å². The highest BCUT2D eigenvalue weighted by Gasteiger charge is 2.23. The third-order valence-electron chi connectivity index (χ3n) is 4.88. The first kappa shape index (κ1) is 21.1. The number of thioether (sulfide) groups is 1. The fourth-order valence-corrected chi connectivity index (χ4v) is 4.24. The van der Waals surface area contributed by atoms with Crippen LogP contribution in [0.1, 0.15) is 44.4 Å². The molecule has 0 aliphatic rings. The Balaban J connectivity index is 2.09. The van der Waals surface area contributed by atoms with Crippen LogP contribution in [0.2, 0.25) is 0 Å². The number of nitrogens with one attached hydrogen (secondary N) is 3. The normalized spacial score (nSPS) is 12.3. The first-order valence-electron chi connectivity index (χ1n) is 10.0. The lowest BCUT2D eigenvalue weighted by molar-refractivity contribution is -0.120. The van der Waals surface area contributed by atoms with Gasteiger partial charge >= 0.3 is 0 Å². The van der Waals surface area contributed by atoms with Crippen molar-refractivity contribution in [2.75, 3.05) is 6.54 Å². The number of hydrogen-bond acceptors (Lipinski definition) is 5. The number of rotatable bonds is 8. The summed E-state index contributed by atoms with van der Waals surface area (Å²) in [6.45, 7) is 8.68. The van der Waals surface area contributed by atoms with Gasteiger partial charge < -0.3 is 5.32 Å². The van der Waals surface area contributed by atoms with Gasteiger partial charge in [0.05, 0.1) is 16.3 Å². The number of nitrogens with zero attached hydrogens (tertiary/aromatic N) is 3. The van der Waals surface area contributed by atoms with Gasteiger partial charge in [0.2, 0.25) is 5.91 Å². The van der Waals surface area contributed by atoms with Crippen molar-refractivity contribution in [1.82, 2.24) is 25.1 Å². The first-order valence-corrected chi connectivity index (χ1v) is 10.9. The minimum absolute atomic E-state index is 0.00826. The van der Waals surface area contributed by atoms with Crippen LogP contribution in [0.4, 0.5) is 0 Å². The maximum absolute atomic E-state index is 12.7. The summed E-state index contributed by atoms with van der Waals surface area (Å²) in [7, 11) is 0. The number of amides is 1. The Morgan fingerprint density at radius 1 is 1.31 bits per heavy atom. The minimum Gasteiger partial charge on any atom is -0.355 e. The van der Waals surface area contributed by atoms with Gasteiger partial charge in [0.25, 0.3) is 0 Å². The maximum atomic E-state index is 12.7. The molecule has 3 N–H and O–H groups in total. The zero-order valence-corrected chi connectivity index (χ0v) is 18.2. The third-order valence-corrected chi connectivity index (χ3v) is 6.19. The quantitative estimate of drug-likeness (QED) is 0.299. The van der Waals surface area contributed by atoms with Gasteiger partial charge in [0.15, 0.2) is 10.8 Å². The van der Waals surface area contributed by atoms with E-state index in [4.69, 9.17) is 10.4 Å². The van der Waals surface area contributed by atoms with E-state index in [1.165, 1.54) is 11.8 Å². The smallest absolute Gasteiger partial charge is 0.233 e. The summed E-state index contributed by atoms with van der Waals surface area (Å²) in [6.07, 6.45) is 2.67. The van der Waals surface area contributed by atoms with Gasteiger partial charge in [0, 0.05) is 12.2 Å². The molecule has 2 aromatic heterocycles. The lowest BCUT2D eigenvalue weighted by Gasteiger charge is -2.19. The van der Waals surface area contributed by atoms with Crippen molar-refractivity contribution < 1.29 is 4.79 Å². The summed E-state index contributed by atoms with van der Waals surface area (Å²) in [5.41, 5.74) is 3.55. The lowest BCUT2D eigenvalue weighted by Crippen LogP contribution is -2.34. The largest absolute Gasteiger partial charge is 0.355 e. The zero-order valence-electron chi connectivity index (χ0n) is 17.4. The number of benzene rings is 1. The van der Waals surface area contributed by atoms with Gasteiger partial charge in [-0.1, -0.05) is 50.2 Å². The van der Waals surface area contributed by atoms with Crippen LogP contribution in [0.15, 0.2) is 29.4 Å². The van der Waals surface area contributed by atoms with E-state index in [-0.39, 0.29) is 11.2 Å². The molecule has 0 spiro atoms. The molecule has 154 valence electrons. The number of para-hydroxylation sites is 1. The van der Waals surface area contributed by atoms with Crippen LogP contribution in [0, 0.1) is 19.3 Å². The molecule has 0 aliphatic heterocycles. The van der Waals surface area contributed by atoms with Crippen molar-refractivity contribution in [1.29, 1.82) is 5.41 Å². The second-order valence-electron chi connectivity index (χ2n) is 7.07. The van der Waals surface area contributed by atoms with Crippen molar-refractivity contribution >= 4 is 28.7 Å². The number of aromatic nitrogens is 4. The van der Waals surface area contributed by atoms with E-state index < -0.39 is 0 Å². The van der Waals surface area contributed by atoms with Crippen LogP contribution in [-0.2, 0) is 4.79 Å². The number of carbonyl (C=O) groups excluding carboxylic acids is 1. The van der Waals surface area contributed by atoms with Gasteiger partial charge in [-0.25, -0.2) is 4.98 Å². The molecule has 3 rings (SSSR count). The SMILES string of the molecule is CCCCNC(=O)[C@@H](CC)Sc1nc2n[nH]c(C)c2c(=N)n1-c1ccccc1C. The molecule has 2 heterocycles. The Bertz CT molecular complexity index is 1070. The van der Waals surface area contributed by atoms with E-state index in [1.807, 2.05) is 49.6 Å². The van der Waals surface area contributed by atoms with Crippen LogP contribution in [0.3, 0.4) is 0 Å². The number of hydrogen-bond donors (Lipinski definition) is 3. The Kier molecular flexibility index (Phi) is 6.74. The molecule has 0 bridgehead atoms. The van der Waals surface area contributed by atoms with Crippen molar-refractivity contribution in [3.8, 4) is 5.69 Å². The average molecular weight is 413 g/mol. The van der Waals surface area contributed by atoms with Crippen molar-refractivity contribution in [3.63, 3.8) is 0 Å². The molecule has 0 unspecified atom stereocenters. The number of aryl methyl sites for hydroxylation is 2. The van der Waals surface area contributed by atoms with E-state index >= 15 is 0 Å². The lowest BCUT2D eigenvalue weighted by atomic mass is 10.2. The maximum Gasteiger partial charge on any atom is 0.233 e. The van der Waals surface area contributed by atoms with Crippen molar-refractivity contribution in [2.24, 2.45) is 0 Å². The standard InChI is InChI=1S/C21H28N6OS/c1-5-7-12-23-20(28)16(6-2)29-21-24-19-17(14(4)25-26-19)18(22)27(21)15-11-9-8-10-13(15)3/h8-11,16,22H,5-7,12H2,1-4H3,(H,23,28)(H,25,26)/t16-/m1/s1. The summed E-state index contributed by atoms with van der Waals surface area (Å²) in [6, 6.07) is 7.91. The summed E-state index contributed by atoms with van der Waals surface area (Å²) in [5.74, 6) is 0.00826. The molecule has 1 aromatic carbocycles. The first-order chi connectivity index (χ1) is 14.0. The van der Waals surface area contributed by atoms with Crippen LogP contribution < -0.4 is 10.8 Å². The minimum atomic E-state index is -0.286. The van der Waals surface area contributed by atoms with E-state index in [0.717, 1.165) is 29.8 Å². The van der Waals surface area contributed by atoms with Crippen molar-refractivity contribution in [2.45, 2.75) is 57.4 Å². The molecule has 8 heteroatoms. The molecule has 0 saturated heterocycles. The Morgan fingerprint density at radius 3 is 2.76 bits per heavy atom. The van der Waals surface area contributed by atoms with Crippen LogP contribution in [-0.4, -0.2) is 37.5 Å². The van der Waals surface area contributed by atoms with Crippen LogP contribution in [0.25, 0.3) is 16.7 Å². The topological polar surface area (TPSA) is 99.5 Å². The Morgan fingerprint density at radius 2 is 2.07 bits per heavy atom. The van der Waals surface area contributed by atoms with E-state index in [2.05, 4.69) is 22.4 Å². The fourth-order valence-electron chi connectivity index (χ4n) is 3.20. The second-order valence-corrected chi connectivity index (χ2v) is 8.24. The predicted octanol–water partition coefficient (Wildman–Crippen LogP) is 3.63. The highest BCUT2D eigenvalue weighted by molar-refractivity contribution is 8.00. The number of H-pyrrole nitrogens is 1. The fraction of sp³-hybridized carbons (Fsp3) is 0.429. The summed E-state index contributed by atoms with van der Waals surface area (Å²) >= 11 is 1.39. The van der Waals surface area contributed by atoms with Crippen LogP contribution >= 0.6 is 11.8 Å². The van der Waals surface area contributed by atoms with Crippen molar-refractivity contribution in [3.05, 3.63) is 41.0 Å². The monoisotopic (exact) mass is 412 g/mol. The number of aromatic amines is 1. The van der Waals surface area contributed by atoms with Gasteiger partial charge in [-0.3, -0.25) is 19.9 Å². The molecule has 0 aliphatic carbocycles. The Labute approximate surface area is 174 Å². The summed E-state index contributed by atoms with van der Waals surface area (Å²) in [4.78, 5) is 17.4. The molecule has 0 saturated carbocycles. The number of unbranched alkanes of at least 4 members (excludes halogenated alkanes) is 1. The molecular formula is C21H28N6OS. The molecule has 3 aromatic rings. The highest BCUT2D eigenvalue weighted by atomic mass is 32.2. The Hall–Kier alpha value is -2.61. The summed E-state index contributed by atoms with van der Waals surface area (Å²) in [5, 5.41) is 20.1. The van der Waals surface area contributed by atoms with Gasteiger partial charge in [-0.15, -0.1) is 0 Å². The molecule has 1 amide bonds. The highest BCUT2D eigenvalue weighted by Crippen LogP contribution is 2.28. The molecule has 29 heavy (non-hydrogen) atoms. The third kappa shape index (κ3) is 4.37. The number of carbonyl (C=O) groups is 1. The van der Waals surface area contributed by atoms with Crippen LogP contribution in [0.5, 0.6) is 0 Å². The molecule has 0 fully saturated rings. The van der Waals surface area contributed by atoms with Gasteiger partial charge in [-0.05, 0) is 38.3 Å². The van der Waals surface area contributed by atoms with E-state index in [0.29, 0.717) is 34.6 Å². The van der Waals surface area contributed by atoms with E-state index in [9.17, 15) is 4.79 Å². The molecular weight excluding hydrogens is 384 g/mol.